The Kier molecular flexibility index (Phi) is 10.3. The summed E-state index contributed by atoms with van der Waals surface area (Å²) in [5.74, 6) is 0.269. The van der Waals surface area contributed by atoms with Gasteiger partial charge in [0.05, 0.1) is 9.75 Å². The van der Waals surface area contributed by atoms with Crippen molar-refractivity contribution in [3.05, 3.63) is 57.3 Å². The average Bonchev–Trinajstić information content (AvgIpc) is 3.44. The molecular formula is C30H38O2S2. The van der Waals surface area contributed by atoms with E-state index in [1.807, 2.05) is 0 Å². The zero-order valence-electron chi connectivity index (χ0n) is 21.2. The van der Waals surface area contributed by atoms with Crippen LogP contribution in [-0.4, -0.2) is 11.6 Å². The van der Waals surface area contributed by atoms with Gasteiger partial charge in [0.15, 0.2) is 11.6 Å². The number of carbonyl (C=O) groups is 2. The van der Waals surface area contributed by atoms with Crippen LogP contribution in [-0.2, 0) is 12.8 Å². The fourth-order valence-electron chi connectivity index (χ4n) is 4.40. The lowest BCUT2D eigenvalue weighted by molar-refractivity contribution is 0.101. The normalized spacial score (nSPS) is 11.2. The molecule has 0 saturated heterocycles. The first kappa shape index (κ1) is 26.6. The quantitative estimate of drug-likeness (QED) is 0.165. The number of rotatable bonds is 14. The van der Waals surface area contributed by atoms with Crippen molar-refractivity contribution in [3.63, 3.8) is 0 Å². The third kappa shape index (κ3) is 6.76. The minimum atomic E-state index is 0.134. The number of benzene rings is 1. The van der Waals surface area contributed by atoms with Crippen molar-refractivity contribution < 1.29 is 9.59 Å². The van der Waals surface area contributed by atoms with Gasteiger partial charge in [-0.05, 0) is 62.8 Å². The highest BCUT2D eigenvalue weighted by Gasteiger charge is 2.20. The molecule has 2 aromatic heterocycles. The molecule has 0 radical (unpaired) electrons. The molecule has 0 N–H and O–H groups in total. The van der Waals surface area contributed by atoms with Crippen molar-refractivity contribution in [1.82, 2.24) is 0 Å². The lowest BCUT2D eigenvalue weighted by atomic mass is 9.96. The van der Waals surface area contributed by atoms with Gasteiger partial charge < -0.3 is 0 Å². The molecule has 1 aromatic carbocycles. The maximum atomic E-state index is 12.3. The van der Waals surface area contributed by atoms with E-state index in [9.17, 15) is 9.59 Å². The van der Waals surface area contributed by atoms with E-state index in [0.29, 0.717) is 0 Å². The molecule has 2 nitrogen and oxygen atoms in total. The summed E-state index contributed by atoms with van der Waals surface area (Å²) in [6.07, 6.45) is 11.7. The number of carbonyl (C=O) groups excluding carboxylic acids is 2. The van der Waals surface area contributed by atoms with Crippen LogP contribution in [0.5, 0.6) is 0 Å². The Hall–Kier alpha value is -2.04. The summed E-state index contributed by atoms with van der Waals surface area (Å²) in [6, 6.07) is 12.8. The molecule has 0 aliphatic carbocycles. The molecule has 2 heterocycles. The summed E-state index contributed by atoms with van der Waals surface area (Å²) in [7, 11) is 0. The molecule has 0 aliphatic heterocycles. The van der Waals surface area contributed by atoms with Crippen LogP contribution in [0.4, 0.5) is 0 Å². The smallest absolute Gasteiger partial charge is 0.169 e. The third-order valence-corrected chi connectivity index (χ3v) is 8.95. The fourth-order valence-corrected chi connectivity index (χ4v) is 6.69. The van der Waals surface area contributed by atoms with E-state index in [0.717, 1.165) is 35.4 Å². The van der Waals surface area contributed by atoms with Crippen LogP contribution in [0.2, 0.25) is 0 Å². The Labute approximate surface area is 213 Å². The Balaban J connectivity index is 2.04. The van der Waals surface area contributed by atoms with Crippen molar-refractivity contribution in [2.75, 3.05) is 0 Å². The molecule has 3 rings (SSSR count). The molecule has 3 aromatic rings. The Morgan fingerprint density at radius 1 is 0.647 bits per heavy atom. The highest BCUT2D eigenvalue weighted by molar-refractivity contribution is 7.18. The van der Waals surface area contributed by atoms with Gasteiger partial charge in [0.2, 0.25) is 0 Å². The maximum Gasteiger partial charge on any atom is 0.169 e. The summed E-state index contributed by atoms with van der Waals surface area (Å²) in [6.45, 7) is 7.79. The van der Waals surface area contributed by atoms with Crippen molar-refractivity contribution >= 4 is 34.2 Å². The molecule has 0 atom stereocenters. The minimum absolute atomic E-state index is 0.134. The van der Waals surface area contributed by atoms with Gasteiger partial charge in [-0.25, -0.2) is 0 Å². The highest BCUT2D eigenvalue weighted by atomic mass is 32.1. The second-order valence-corrected chi connectivity index (χ2v) is 11.3. The summed E-state index contributed by atoms with van der Waals surface area (Å²) in [5, 5.41) is 0. The van der Waals surface area contributed by atoms with E-state index in [2.05, 4.69) is 50.2 Å². The van der Waals surface area contributed by atoms with Crippen LogP contribution < -0.4 is 0 Å². The third-order valence-electron chi connectivity index (χ3n) is 6.33. The number of aryl methyl sites for hydroxylation is 2. The van der Waals surface area contributed by atoms with Gasteiger partial charge in [-0.2, -0.15) is 0 Å². The molecule has 0 bridgehead atoms. The summed E-state index contributed by atoms with van der Waals surface area (Å²) in [4.78, 5) is 28.6. The first-order valence-corrected chi connectivity index (χ1v) is 14.5. The van der Waals surface area contributed by atoms with Crippen molar-refractivity contribution in [3.8, 4) is 20.9 Å². The van der Waals surface area contributed by atoms with E-state index in [4.69, 9.17) is 0 Å². The molecule has 0 fully saturated rings. The van der Waals surface area contributed by atoms with Gasteiger partial charge in [-0.15, -0.1) is 22.7 Å². The molecular weight excluding hydrogens is 456 g/mol. The molecule has 0 amide bonds. The molecule has 0 spiro atoms. The van der Waals surface area contributed by atoms with E-state index in [-0.39, 0.29) is 11.6 Å². The molecule has 0 unspecified atom stereocenters. The van der Waals surface area contributed by atoms with Gasteiger partial charge >= 0.3 is 0 Å². The van der Waals surface area contributed by atoms with Gasteiger partial charge in [0.25, 0.3) is 0 Å². The molecule has 4 heteroatoms. The second-order valence-electron chi connectivity index (χ2n) is 9.21. The summed E-state index contributed by atoms with van der Waals surface area (Å²) in [5.41, 5.74) is 4.95. The number of ketones is 2. The molecule has 0 aliphatic rings. The Morgan fingerprint density at radius 2 is 1.06 bits per heavy atom. The van der Waals surface area contributed by atoms with Crippen molar-refractivity contribution in [2.24, 2.45) is 0 Å². The van der Waals surface area contributed by atoms with Gasteiger partial charge in [-0.1, -0.05) is 76.6 Å². The lowest BCUT2D eigenvalue weighted by Gasteiger charge is -2.12. The van der Waals surface area contributed by atoms with Gasteiger partial charge in [-0.3, -0.25) is 9.59 Å². The van der Waals surface area contributed by atoms with Crippen molar-refractivity contribution in [1.29, 1.82) is 0 Å². The first-order valence-electron chi connectivity index (χ1n) is 12.8. The number of hydrogen-bond acceptors (Lipinski definition) is 4. The van der Waals surface area contributed by atoms with Crippen LogP contribution in [0.15, 0.2) is 36.4 Å². The van der Waals surface area contributed by atoms with Crippen molar-refractivity contribution in [2.45, 2.75) is 91.9 Å². The second kappa shape index (κ2) is 13.2. The largest absolute Gasteiger partial charge is 0.294 e. The molecule has 0 saturated carbocycles. The first-order chi connectivity index (χ1) is 16.5. The number of unbranched alkanes of at least 4 members (excludes halogenated alkanes) is 6. The minimum Gasteiger partial charge on any atom is -0.294 e. The standard InChI is InChI=1S/C30H38O2S2/c1-5-7-9-11-15-23-19-27(21(3)31)33-29(23)25-17-13-14-18-26(25)30-24(16-12-10-8-6-2)20-28(34-30)22(4)32/h13-14,17-20H,5-12,15-16H2,1-4H3. The molecule has 182 valence electrons. The van der Waals surface area contributed by atoms with Crippen LogP contribution in [0.25, 0.3) is 20.9 Å². The van der Waals surface area contributed by atoms with Gasteiger partial charge in [0.1, 0.15) is 0 Å². The summed E-state index contributed by atoms with van der Waals surface area (Å²) >= 11 is 3.25. The topological polar surface area (TPSA) is 34.1 Å². The predicted molar refractivity (Wildman–Crippen MR) is 149 cm³/mol. The van der Waals surface area contributed by atoms with E-state index >= 15 is 0 Å². The van der Waals surface area contributed by atoms with Crippen LogP contribution >= 0.6 is 22.7 Å². The van der Waals surface area contributed by atoms with Crippen LogP contribution in [0, 0.1) is 0 Å². The number of thiophene rings is 2. The Bertz CT molecular complexity index is 1020. The van der Waals surface area contributed by atoms with Crippen LogP contribution in [0.3, 0.4) is 0 Å². The number of Topliss-reactive ketones (excluding diaryl/α,β-unsaturated/α-hetero) is 2. The Morgan fingerprint density at radius 3 is 1.41 bits per heavy atom. The predicted octanol–water partition coefficient (Wildman–Crippen LogP) is 9.79. The molecule has 34 heavy (non-hydrogen) atoms. The van der Waals surface area contributed by atoms with Gasteiger partial charge in [0, 0.05) is 20.9 Å². The zero-order valence-corrected chi connectivity index (χ0v) is 22.8. The monoisotopic (exact) mass is 494 g/mol. The van der Waals surface area contributed by atoms with E-state index in [1.54, 1.807) is 36.5 Å². The average molecular weight is 495 g/mol. The fraction of sp³-hybridized carbons (Fsp3) is 0.467. The van der Waals surface area contributed by atoms with Crippen LogP contribution in [0.1, 0.15) is 110 Å². The SMILES string of the molecule is CCCCCCc1cc(C(C)=O)sc1-c1ccccc1-c1sc(C(C)=O)cc1CCCCCC. The summed E-state index contributed by atoms with van der Waals surface area (Å²) < 4.78 is 0. The maximum absolute atomic E-state index is 12.3. The number of hydrogen-bond donors (Lipinski definition) is 0. The lowest BCUT2D eigenvalue weighted by Crippen LogP contribution is -1.91. The zero-order chi connectivity index (χ0) is 24.5. The van der Waals surface area contributed by atoms with E-state index < -0.39 is 0 Å². The van der Waals surface area contributed by atoms with E-state index in [1.165, 1.54) is 70.5 Å². The highest BCUT2D eigenvalue weighted by Crippen LogP contribution is 2.43.